The number of piperidine rings is 1. The Kier molecular flexibility index (Phi) is 3.92. The van der Waals surface area contributed by atoms with Crippen LogP contribution in [0.15, 0.2) is 6.33 Å². The highest BCUT2D eigenvalue weighted by Gasteiger charge is 2.23. The first-order chi connectivity index (χ1) is 10.1. The van der Waals surface area contributed by atoms with E-state index in [4.69, 9.17) is 11.6 Å². The van der Waals surface area contributed by atoms with Gasteiger partial charge in [-0.3, -0.25) is 4.79 Å². The lowest BCUT2D eigenvalue weighted by Crippen LogP contribution is -2.44. The second-order valence-electron chi connectivity index (χ2n) is 5.19. The average Bonchev–Trinajstić information content (AvgIpc) is 2.95. The van der Waals surface area contributed by atoms with Crippen LogP contribution >= 0.6 is 11.6 Å². The van der Waals surface area contributed by atoms with Crippen LogP contribution in [0.5, 0.6) is 0 Å². The fourth-order valence-corrected chi connectivity index (χ4v) is 2.73. The predicted octanol–water partition coefficient (Wildman–Crippen LogP) is 1.82. The molecule has 2 N–H and O–H groups in total. The zero-order valence-electron chi connectivity index (χ0n) is 11.8. The van der Waals surface area contributed by atoms with E-state index in [1.54, 1.807) is 0 Å². The van der Waals surface area contributed by atoms with E-state index in [9.17, 15) is 4.79 Å². The fraction of sp³-hybridized carbons (Fsp3) is 0.538. The second-order valence-corrected chi connectivity index (χ2v) is 5.53. The number of rotatable bonds is 3. The average molecular weight is 309 g/mol. The number of nitrogens with zero attached hydrogens (tertiary/aromatic N) is 4. The molecular formula is C13H17ClN6O. The lowest BCUT2D eigenvalue weighted by molar-refractivity contribution is -0.132. The van der Waals surface area contributed by atoms with Gasteiger partial charge in [0.1, 0.15) is 11.6 Å². The molecule has 7 nitrogen and oxygen atoms in total. The SMILES string of the molecule is CC(Nc1nc(Cl)nc2nc[nH]c12)C(=O)N1CCCCC1. The van der Waals surface area contributed by atoms with Gasteiger partial charge in [0.05, 0.1) is 6.33 Å². The summed E-state index contributed by atoms with van der Waals surface area (Å²) in [4.78, 5) is 29.5. The largest absolute Gasteiger partial charge is 0.357 e. The van der Waals surface area contributed by atoms with Gasteiger partial charge in [-0.25, -0.2) is 4.98 Å². The van der Waals surface area contributed by atoms with Crippen molar-refractivity contribution < 1.29 is 4.79 Å². The smallest absolute Gasteiger partial charge is 0.244 e. The monoisotopic (exact) mass is 308 g/mol. The molecule has 21 heavy (non-hydrogen) atoms. The van der Waals surface area contributed by atoms with Crippen LogP contribution in [0.4, 0.5) is 5.82 Å². The van der Waals surface area contributed by atoms with E-state index in [1.165, 1.54) is 12.7 Å². The quantitative estimate of drug-likeness (QED) is 0.845. The van der Waals surface area contributed by atoms with E-state index in [2.05, 4.69) is 25.3 Å². The number of amides is 1. The molecule has 1 unspecified atom stereocenters. The number of fused-ring (bicyclic) bond motifs is 1. The van der Waals surface area contributed by atoms with E-state index >= 15 is 0 Å². The number of hydrogen-bond acceptors (Lipinski definition) is 5. The number of imidazole rings is 1. The lowest BCUT2D eigenvalue weighted by atomic mass is 10.1. The third-order valence-electron chi connectivity index (χ3n) is 3.65. The van der Waals surface area contributed by atoms with E-state index < -0.39 is 0 Å². The van der Waals surface area contributed by atoms with Crippen LogP contribution in [0.25, 0.3) is 11.2 Å². The van der Waals surface area contributed by atoms with Gasteiger partial charge in [0.25, 0.3) is 0 Å². The van der Waals surface area contributed by atoms with Crippen molar-refractivity contribution >= 4 is 34.5 Å². The number of aromatic amines is 1. The number of hydrogen-bond donors (Lipinski definition) is 2. The fourth-order valence-electron chi connectivity index (χ4n) is 2.57. The Hall–Kier alpha value is -1.89. The Bertz CT molecular complexity index is 651. The minimum absolute atomic E-state index is 0.0806. The molecule has 0 saturated carbocycles. The Morgan fingerprint density at radius 2 is 2.14 bits per heavy atom. The van der Waals surface area contributed by atoms with E-state index in [1.807, 2.05) is 11.8 Å². The van der Waals surface area contributed by atoms with Crippen LogP contribution in [0.3, 0.4) is 0 Å². The summed E-state index contributed by atoms with van der Waals surface area (Å²) in [6, 6.07) is -0.374. The molecule has 1 amide bonds. The summed E-state index contributed by atoms with van der Waals surface area (Å²) >= 11 is 5.88. The van der Waals surface area contributed by atoms with Crippen LogP contribution in [0, 0.1) is 0 Å². The first-order valence-corrected chi connectivity index (χ1v) is 7.45. The minimum atomic E-state index is -0.374. The summed E-state index contributed by atoms with van der Waals surface area (Å²) in [5.41, 5.74) is 1.13. The van der Waals surface area contributed by atoms with Gasteiger partial charge in [-0.05, 0) is 37.8 Å². The highest BCUT2D eigenvalue weighted by molar-refractivity contribution is 6.28. The molecule has 2 aromatic heterocycles. The van der Waals surface area contributed by atoms with Gasteiger partial charge in [0.15, 0.2) is 11.5 Å². The Morgan fingerprint density at radius 1 is 1.38 bits per heavy atom. The molecule has 2 aromatic rings. The number of carbonyl (C=O) groups excluding carboxylic acids is 1. The van der Waals surface area contributed by atoms with Crippen molar-refractivity contribution in [1.29, 1.82) is 0 Å². The molecule has 1 atom stereocenters. The first-order valence-electron chi connectivity index (χ1n) is 7.07. The van der Waals surface area contributed by atoms with Gasteiger partial charge >= 0.3 is 0 Å². The highest BCUT2D eigenvalue weighted by atomic mass is 35.5. The summed E-state index contributed by atoms with van der Waals surface area (Å²) in [5, 5.41) is 3.22. The number of halogens is 1. The van der Waals surface area contributed by atoms with Crippen LogP contribution in [0.1, 0.15) is 26.2 Å². The topological polar surface area (TPSA) is 86.8 Å². The Morgan fingerprint density at radius 3 is 2.90 bits per heavy atom. The van der Waals surface area contributed by atoms with E-state index in [0.29, 0.717) is 17.0 Å². The van der Waals surface area contributed by atoms with Gasteiger partial charge in [0.2, 0.25) is 11.2 Å². The molecule has 0 bridgehead atoms. The Balaban J connectivity index is 1.77. The Labute approximate surface area is 127 Å². The van der Waals surface area contributed by atoms with E-state index in [-0.39, 0.29) is 17.2 Å². The zero-order valence-corrected chi connectivity index (χ0v) is 12.5. The second kappa shape index (κ2) is 5.85. The van der Waals surface area contributed by atoms with Crippen molar-refractivity contribution in [2.45, 2.75) is 32.2 Å². The molecule has 1 aliphatic rings. The zero-order chi connectivity index (χ0) is 14.8. The molecule has 0 aliphatic carbocycles. The summed E-state index contributed by atoms with van der Waals surface area (Å²) in [5.74, 6) is 0.581. The molecule has 0 radical (unpaired) electrons. The van der Waals surface area contributed by atoms with Gasteiger partial charge in [-0.2, -0.15) is 9.97 Å². The van der Waals surface area contributed by atoms with Gasteiger partial charge in [0, 0.05) is 13.1 Å². The maximum atomic E-state index is 12.4. The van der Waals surface area contributed by atoms with Crippen molar-refractivity contribution in [3.63, 3.8) is 0 Å². The lowest BCUT2D eigenvalue weighted by Gasteiger charge is -2.29. The molecule has 3 heterocycles. The number of likely N-dealkylation sites (tertiary alicyclic amines) is 1. The number of H-pyrrole nitrogens is 1. The minimum Gasteiger partial charge on any atom is -0.357 e. The maximum Gasteiger partial charge on any atom is 0.244 e. The molecule has 1 aliphatic heterocycles. The summed E-state index contributed by atoms with van der Waals surface area (Å²) < 4.78 is 0. The van der Waals surface area contributed by atoms with Crippen molar-refractivity contribution in [2.24, 2.45) is 0 Å². The molecular weight excluding hydrogens is 292 g/mol. The molecule has 3 rings (SSSR count). The third-order valence-corrected chi connectivity index (χ3v) is 3.82. The van der Waals surface area contributed by atoms with Crippen molar-refractivity contribution in [3.05, 3.63) is 11.6 Å². The van der Waals surface area contributed by atoms with Crippen molar-refractivity contribution in [3.8, 4) is 0 Å². The number of aromatic nitrogens is 4. The molecule has 1 fully saturated rings. The molecule has 8 heteroatoms. The van der Waals surface area contributed by atoms with Gasteiger partial charge < -0.3 is 15.2 Å². The maximum absolute atomic E-state index is 12.4. The predicted molar refractivity (Wildman–Crippen MR) is 80.2 cm³/mol. The number of anilines is 1. The summed E-state index contributed by atoms with van der Waals surface area (Å²) in [7, 11) is 0. The molecule has 1 saturated heterocycles. The van der Waals surface area contributed by atoms with Gasteiger partial charge in [-0.15, -0.1) is 0 Å². The van der Waals surface area contributed by atoms with Crippen molar-refractivity contribution in [1.82, 2.24) is 24.8 Å². The van der Waals surface area contributed by atoms with Gasteiger partial charge in [-0.1, -0.05) is 0 Å². The standard InChI is InChI=1S/C13H17ClN6O/c1-8(12(21)20-5-3-2-4-6-20)17-11-9-10(16-7-15-9)18-13(14)19-11/h7-8H,2-6H2,1H3,(H2,15,16,17,18,19). The third kappa shape index (κ3) is 2.92. The molecule has 0 spiro atoms. The normalized spacial score (nSPS) is 17.0. The van der Waals surface area contributed by atoms with Crippen molar-refractivity contribution in [2.75, 3.05) is 18.4 Å². The number of carbonyl (C=O) groups is 1. The summed E-state index contributed by atoms with van der Waals surface area (Å²) in [6.07, 6.45) is 4.87. The molecule has 112 valence electrons. The highest BCUT2D eigenvalue weighted by Crippen LogP contribution is 2.20. The van der Waals surface area contributed by atoms with Crippen LogP contribution < -0.4 is 5.32 Å². The summed E-state index contributed by atoms with van der Waals surface area (Å²) in [6.45, 7) is 3.48. The molecule has 0 aromatic carbocycles. The number of nitrogens with one attached hydrogen (secondary N) is 2. The van der Waals surface area contributed by atoms with E-state index in [0.717, 1.165) is 25.9 Å². The van der Waals surface area contributed by atoms with Crippen LogP contribution in [-0.2, 0) is 4.79 Å². The van der Waals surface area contributed by atoms with Crippen LogP contribution in [0.2, 0.25) is 5.28 Å². The van der Waals surface area contributed by atoms with Crippen LogP contribution in [-0.4, -0.2) is 49.9 Å². The first kappa shape index (κ1) is 14.1.